The molecule has 0 bridgehead atoms. The van der Waals surface area contributed by atoms with Gasteiger partial charge >= 0.3 is 0 Å². The van der Waals surface area contributed by atoms with Crippen molar-refractivity contribution < 1.29 is 13.6 Å². The van der Waals surface area contributed by atoms with Crippen molar-refractivity contribution in [2.45, 2.75) is 18.4 Å². The Labute approximate surface area is 211 Å². The number of hydrogen-bond acceptors (Lipinski definition) is 1. The standard InChI is InChI=1S/C27H20Cl3F2NO/c28-17-4-2-16(3-5-17)26-20(19-7-6-18(29)12-23(19)30)8-9-21-22(26)14-33(27(21)34)13-15-1-10-24(31)25(32)11-15/h1-12,20-22,26H,13-14H2/t20-,21-,22+,26-/m0/s1. The van der Waals surface area contributed by atoms with E-state index in [1.807, 2.05) is 42.5 Å². The van der Waals surface area contributed by atoms with Gasteiger partial charge in [-0.25, -0.2) is 8.78 Å². The molecule has 0 radical (unpaired) electrons. The van der Waals surface area contributed by atoms with Gasteiger partial charge < -0.3 is 4.90 Å². The predicted molar refractivity (Wildman–Crippen MR) is 131 cm³/mol. The first-order valence-electron chi connectivity index (χ1n) is 10.9. The molecule has 1 saturated heterocycles. The summed E-state index contributed by atoms with van der Waals surface area (Å²) in [4.78, 5) is 15.0. The minimum Gasteiger partial charge on any atom is -0.338 e. The van der Waals surface area contributed by atoms with Crippen molar-refractivity contribution >= 4 is 40.7 Å². The van der Waals surface area contributed by atoms with Crippen LogP contribution in [0.25, 0.3) is 0 Å². The topological polar surface area (TPSA) is 20.3 Å². The van der Waals surface area contributed by atoms with Crippen LogP contribution in [0.2, 0.25) is 15.1 Å². The molecule has 0 spiro atoms. The summed E-state index contributed by atoms with van der Waals surface area (Å²) in [7, 11) is 0. The molecule has 1 amide bonds. The molecule has 2 aliphatic rings. The largest absolute Gasteiger partial charge is 0.338 e. The van der Waals surface area contributed by atoms with Crippen LogP contribution in [0.5, 0.6) is 0 Å². The third kappa shape index (κ3) is 4.35. The molecule has 1 heterocycles. The Morgan fingerprint density at radius 2 is 1.53 bits per heavy atom. The molecule has 1 aliphatic heterocycles. The zero-order valence-corrected chi connectivity index (χ0v) is 20.2. The van der Waals surface area contributed by atoms with Crippen LogP contribution < -0.4 is 0 Å². The van der Waals surface area contributed by atoms with E-state index in [0.29, 0.717) is 27.2 Å². The Bertz CT molecular complexity index is 1280. The first kappa shape index (κ1) is 23.3. The van der Waals surface area contributed by atoms with E-state index in [-0.39, 0.29) is 36.1 Å². The predicted octanol–water partition coefficient (Wildman–Crippen LogP) is 7.64. The molecule has 1 aliphatic carbocycles. The fraction of sp³-hybridized carbons (Fsp3) is 0.222. The molecule has 2 nitrogen and oxygen atoms in total. The lowest BCUT2D eigenvalue weighted by molar-refractivity contribution is -0.130. The Hall–Kier alpha value is -2.40. The Balaban J connectivity index is 1.51. The molecule has 3 aromatic rings. The van der Waals surface area contributed by atoms with Crippen LogP contribution in [-0.4, -0.2) is 17.4 Å². The fourth-order valence-corrected chi connectivity index (χ4v) is 5.91. The summed E-state index contributed by atoms with van der Waals surface area (Å²) in [5.41, 5.74) is 2.55. The van der Waals surface area contributed by atoms with Gasteiger partial charge in [0.15, 0.2) is 11.6 Å². The average Bonchev–Trinajstić information content (AvgIpc) is 3.12. The van der Waals surface area contributed by atoms with E-state index in [0.717, 1.165) is 23.3 Å². The van der Waals surface area contributed by atoms with E-state index >= 15 is 0 Å². The van der Waals surface area contributed by atoms with Gasteiger partial charge in [0.1, 0.15) is 0 Å². The molecule has 3 aromatic carbocycles. The number of likely N-dealkylation sites (tertiary alicyclic amines) is 1. The highest BCUT2D eigenvalue weighted by molar-refractivity contribution is 6.35. The molecule has 1 fully saturated rings. The molecule has 0 N–H and O–H groups in total. The van der Waals surface area contributed by atoms with E-state index in [1.165, 1.54) is 6.07 Å². The second-order valence-electron chi connectivity index (χ2n) is 8.81. The van der Waals surface area contributed by atoms with Crippen LogP contribution in [0.3, 0.4) is 0 Å². The average molecular weight is 519 g/mol. The number of halogens is 5. The number of nitrogens with zero attached hydrogens (tertiary/aromatic N) is 1. The third-order valence-electron chi connectivity index (χ3n) is 6.80. The molecule has 5 rings (SSSR count). The zero-order chi connectivity index (χ0) is 24.0. The first-order valence-corrected chi connectivity index (χ1v) is 12.1. The van der Waals surface area contributed by atoms with Crippen LogP contribution in [0, 0.1) is 23.5 Å². The number of rotatable bonds is 4. The summed E-state index contributed by atoms with van der Waals surface area (Å²) in [6, 6.07) is 16.9. The molecule has 0 unspecified atom stereocenters. The van der Waals surface area contributed by atoms with E-state index in [1.54, 1.807) is 11.0 Å². The quantitative estimate of drug-likeness (QED) is 0.325. The fourth-order valence-electron chi connectivity index (χ4n) is 5.25. The van der Waals surface area contributed by atoms with E-state index in [9.17, 15) is 13.6 Å². The van der Waals surface area contributed by atoms with E-state index in [2.05, 4.69) is 6.08 Å². The Kier molecular flexibility index (Phi) is 6.41. The Morgan fingerprint density at radius 3 is 2.24 bits per heavy atom. The van der Waals surface area contributed by atoms with Crippen LogP contribution in [-0.2, 0) is 11.3 Å². The highest BCUT2D eigenvalue weighted by Gasteiger charge is 2.48. The normalized spacial score (nSPS) is 23.9. The zero-order valence-electron chi connectivity index (χ0n) is 17.9. The highest BCUT2D eigenvalue weighted by atomic mass is 35.5. The van der Waals surface area contributed by atoms with Crippen LogP contribution in [0.15, 0.2) is 72.8 Å². The van der Waals surface area contributed by atoms with Gasteiger partial charge in [-0.05, 0) is 64.9 Å². The number of allylic oxidation sites excluding steroid dienone is 1. The van der Waals surface area contributed by atoms with Crippen molar-refractivity contribution in [3.8, 4) is 0 Å². The maximum atomic E-state index is 13.7. The smallest absolute Gasteiger partial charge is 0.230 e. The van der Waals surface area contributed by atoms with Gasteiger partial charge in [0.05, 0.1) is 5.92 Å². The third-order valence-corrected chi connectivity index (χ3v) is 7.61. The van der Waals surface area contributed by atoms with Crippen LogP contribution in [0.1, 0.15) is 28.5 Å². The van der Waals surface area contributed by atoms with Gasteiger partial charge in [0.25, 0.3) is 0 Å². The monoisotopic (exact) mass is 517 g/mol. The molecule has 4 atom stereocenters. The minimum absolute atomic E-state index is 0.0226. The van der Waals surface area contributed by atoms with Gasteiger partial charge in [-0.1, -0.05) is 71.2 Å². The van der Waals surface area contributed by atoms with Gasteiger partial charge in [0, 0.05) is 34.1 Å². The molecule has 0 aromatic heterocycles. The molecular formula is C27H20Cl3F2NO. The molecule has 0 saturated carbocycles. The maximum absolute atomic E-state index is 13.7. The molecule has 174 valence electrons. The summed E-state index contributed by atoms with van der Waals surface area (Å²) < 4.78 is 27.1. The lowest BCUT2D eigenvalue weighted by Gasteiger charge is -2.36. The number of carbonyl (C=O) groups excluding carboxylic acids is 1. The van der Waals surface area contributed by atoms with Crippen molar-refractivity contribution in [3.63, 3.8) is 0 Å². The van der Waals surface area contributed by atoms with Gasteiger partial charge in [-0.3, -0.25) is 4.79 Å². The van der Waals surface area contributed by atoms with Crippen LogP contribution >= 0.6 is 34.8 Å². The van der Waals surface area contributed by atoms with Gasteiger partial charge in [0.2, 0.25) is 5.91 Å². The Morgan fingerprint density at radius 1 is 0.824 bits per heavy atom. The second kappa shape index (κ2) is 9.33. The lowest BCUT2D eigenvalue weighted by Crippen LogP contribution is -2.29. The van der Waals surface area contributed by atoms with Crippen molar-refractivity contribution in [3.05, 3.63) is 116 Å². The number of carbonyl (C=O) groups is 1. The first-order chi connectivity index (χ1) is 16.3. The summed E-state index contributed by atoms with van der Waals surface area (Å²) >= 11 is 18.9. The number of amides is 1. The van der Waals surface area contributed by atoms with Crippen molar-refractivity contribution in [1.82, 2.24) is 4.90 Å². The van der Waals surface area contributed by atoms with E-state index < -0.39 is 11.6 Å². The van der Waals surface area contributed by atoms with Crippen LogP contribution in [0.4, 0.5) is 8.78 Å². The highest BCUT2D eigenvalue weighted by Crippen LogP contribution is 2.51. The summed E-state index contributed by atoms with van der Waals surface area (Å²) in [5, 5.41) is 1.76. The number of fused-ring (bicyclic) bond motifs is 1. The van der Waals surface area contributed by atoms with Gasteiger partial charge in [-0.2, -0.15) is 0 Å². The second-order valence-corrected chi connectivity index (χ2v) is 10.1. The van der Waals surface area contributed by atoms with Crippen molar-refractivity contribution in [1.29, 1.82) is 0 Å². The summed E-state index contributed by atoms with van der Waals surface area (Å²) in [6.45, 7) is 0.707. The van der Waals surface area contributed by atoms with Crippen molar-refractivity contribution in [2.75, 3.05) is 6.54 Å². The number of benzene rings is 3. The minimum atomic E-state index is -0.919. The maximum Gasteiger partial charge on any atom is 0.230 e. The van der Waals surface area contributed by atoms with Crippen molar-refractivity contribution in [2.24, 2.45) is 11.8 Å². The van der Waals surface area contributed by atoms with E-state index in [4.69, 9.17) is 34.8 Å². The SMILES string of the molecule is O=C1[C@H]2C=C[C@@H](c3ccc(Cl)cc3Cl)[C@H](c3ccc(Cl)cc3)[C@@H]2CN1Cc1ccc(F)c(F)c1. The molecule has 34 heavy (non-hydrogen) atoms. The number of hydrogen-bond donors (Lipinski definition) is 0. The van der Waals surface area contributed by atoms with Gasteiger partial charge in [-0.15, -0.1) is 0 Å². The summed E-state index contributed by atoms with van der Waals surface area (Å²) in [5.74, 6) is -2.29. The summed E-state index contributed by atoms with van der Waals surface area (Å²) in [6.07, 6.45) is 4.01. The lowest BCUT2D eigenvalue weighted by atomic mass is 9.67. The molecular weight excluding hydrogens is 499 g/mol. The molecule has 7 heteroatoms.